The number of carbonyl (C=O) groups is 1. The lowest BCUT2D eigenvalue weighted by Crippen LogP contribution is -2.32. The maximum atomic E-state index is 12.3. The van der Waals surface area contributed by atoms with Gasteiger partial charge in [-0.15, -0.1) is 0 Å². The maximum Gasteiger partial charge on any atom is 0.246 e. The third kappa shape index (κ3) is 3.88. The van der Waals surface area contributed by atoms with Gasteiger partial charge in [0.1, 0.15) is 6.04 Å². The van der Waals surface area contributed by atoms with Crippen molar-refractivity contribution in [1.29, 1.82) is 0 Å². The van der Waals surface area contributed by atoms with E-state index >= 15 is 0 Å². The van der Waals surface area contributed by atoms with E-state index < -0.39 is 0 Å². The van der Waals surface area contributed by atoms with Gasteiger partial charge in [0.05, 0.1) is 0 Å². The van der Waals surface area contributed by atoms with Gasteiger partial charge in [0.15, 0.2) is 0 Å². The van der Waals surface area contributed by atoms with Crippen LogP contribution in [0.4, 0.5) is 11.4 Å². The molecule has 3 nitrogen and oxygen atoms in total. The monoisotopic (exact) mass is 296 g/mol. The van der Waals surface area contributed by atoms with Gasteiger partial charge >= 0.3 is 0 Å². The number of hydrogen-bond donors (Lipinski definition) is 2. The van der Waals surface area contributed by atoms with E-state index in [2.05, 4.69) is 37.5 Å². The number of carbonyl (C=O) groups excluding carboxylic acids is 1. The highest BCUT2D eigenvalue weighted by Gasteiger charge is 2.14. The first-order valence-corrected chi connectivity index (χ1v) is 7.73. The molecule has 0 aromatic heterocycles. The Labute approximate surface area is 132 Å². The molecule has 1 amide bonds. The lowest BCUT2D eigenvalue weighted by molar-refractivity contribution is -0.116. The van der Waals surface area contributed by atoms with Gasteiger partial charge in [-0.05, 0) is 62.1 Å². The highest BCUT2D eigenvalue weighted by molar-refractivity contribution is 5.96. The van der Waals surface area contributed by atoms with Crippen molar-refractivity contribution in [3.05, 3.63) is 59.2 Å². The molecule has 0 bridgehead atoms. The first-order valence-electron chi connectivity index (χ1n) is 7.73. The highest BCUT2D eigenvalue weighted by Crippen LogP contribution is 2.19. The van der Waals surface area contributed by atoms with Crippen molar-refractivity contribution < 1.29 is 4.79 Å². The molecule has 0 fully saturated rings. The molecule has 2 aromatic carbocycles. The summed E-state index contributed by atoms with van der Waals surface area (Å²) >= 11 is 0. The van der Waals surface area contributed by atoms with Gasteiger partial charge in [0.2, 0.25) is 5.91 Å². The molecule has 1 unspecified atom stereocenters. The fourth-order valence-corrected chi connectivity index (χ4v) is 2.28. The number of nitrogens with one attached hydrogen (secondary N) is 2. The minimum atomic E-state index is -0.300. The maximum absolute atomic E-state index is 12.3. The predicted molar refractivity (Wildman–Crippen MR) is 93.5 cm³/mol. The Morgan fingerprint density at radius 3 is 2.41 bits per heavy atom. The van der Waals surface area contributed by atoms with Crippen molar-refractivity contribution in [1.82, 2.24) is 0 Å². The van der Waals surface area contributed by atoms with Crippen LogP contribution in [-0.4, -0.2) is 11.9 Å². The third-order valence-electron chi connectivity index (χ3n) is 4.00. The van der Waals surface area contributed by atoms with Crippen LogP contribution in [0.2, 0.25) is 0 Å². The molecule has 2 rings (SSSR count). The minimum Gasteiger partial charge on any atom is -0.374 e. The molecule has 1 atom stereocenters. The van der Waals surface area contributed by atoms with Gasteiger partial charge in [-0.25, -0.2) is 0 Å². The standard InChI is InChI=1S/C19H24N2O/c1-5-16-9-11-17(12-10-16)21-19(22)15(4)20-18-8-6-7-13(2)14(18)3/h6-12,15,20H,5H2,1-4H3,(H,21,22). The van der Waals surface area contributed by atoms with Crippen molar-refractivity contribution in [2.45, 2.75) is 40.2 Å². The number of anilines is 2. The second-order valence-corrected chi connectivity index (χ2v) is 5.65. The average molecular weight is 296 g/mol. The third-order valence-corrected chi connectivity index (χ3v) is 4.00. The molecule has 0 spiro atoms. The zero-order valence-electron chi connectivity index (χ0n) is 13.7. The van der Waals surface area contributed by atoms with Crippen LogP contribution in [0, 0.1) is 13.8 Å². The SMILES string of the molecule is CCc1ccc(NC(=O)C(C)Nc2cccc(C)c2C)cc1. The summed E-state index contributed by atoms with van der Waals surface area (Å²) in [7, 11) is 0. The van der Waals surface area contributed by atoms with Gasteiger partial charge in [0.25, 0.3) is 0 Å². The van der Waals surface area contributed by atoms with E-state index in [1.54, 1.807) is 0 Å². The van der Waals surface area contributed by atoms with Gasteiger partial charge in [0, 0.05) is 11.4 Å². The normalized spacial score (nSPS) is 11.8. The molecular formula is C19H24N2O. The molecule has 0 saturated heterocycles. The molecule has 22 heavy (non-hydrogen) atoms. The van der Waals surface area contributed by atoms with Crippen LogP contribution in [0.15, 0.2) is 42.5 Å². The summed E-state index contributed by atoms with van der Waals surface area (Å²) in [5.41, 5.74) is 5.49. The minimum absolute atomic E-state index is 0.0369. The van der Waals surface area contributed by atoms with E-state index in [0.29, 0.717) is 0 Å². The molecular weight excluding hydrogens is 272 g/mol. The smallest absolute Gasteiger partial charge is 0.246 e. The van der Waals surface area contributed by atoms with E-state index in [9.17, 15) is 4.79 Å². The van der Waals surface area contributed by atoms with Crippen LogP contribution in [0.25, 0.3) is 0 Å². The Balaban J connectivity index is 2.01. The molecule has 0 aliphatic rings. The number of hydrogen-bond acceptors (Lipinski definition) is 2. The van der Waals surface area contributed by atoms with Crippen molar-refractivity contribution in [2.75, 3.05) is 10.6 Å². The van der Waals surface area contributed by atoms with Crippen LogP contribution < -0.4 is 10.6 Å². The van der Waals surface area contributed by atoms with Gasteiger partial charge in [-0.3, -0.25) is 4.79 Å². The zero-order valence-corrected chi connectivity index (χ0v) is 13.7. The van der Waals surface area contributed by atoms with Crippen LogP contribution in [0.3, 0.4) is 0 Å². The Kier molecular flexibility index (Phi) is 5.21. The summed E-state index contributed by atoms with van der Waals surface area (Å²) in [5.74, 6) is -0.0369. The number of rotatable bonds is 5. The summed E-state index contributed by atoms with van der Waals surface area (Å²) in [6.45, 7) is 8.12. The Morgan fingerprint density at radius 2 is 1.77 bits per heavy atom. The predicted octanol–water partition coefficient (Wildman–Crippen LogP) is 4.30. The Hall–Kier alpha value is -2.29. The van der Waals surface area contributed by atoms with Gasteiger partial charge in [-0.1, -0.05) is 31.2 Å². The molecule has 0 aliphatic carbocycles. The van der Waals surface area contributed by atoms with Crippen LogP contribution in [0.5, 0.6) is 0 Å². The molecule has 0 heterocycles. The second kappa shape index (κ2) is 7.12. The molecule has 2 aromatic rings. The fraction of sp³-hybridized carbons (Fsp3) is 0.316. The van der Waals surface area contributed by atoms with Crippen LogP contribution in [0.1, 0.15) is 30.5 Å². The molecule has 116 valence electrons. The molecule has 0 aliphatic heterocycles. The van der Waals surface area contributed by atoms with E-state index in [1.807, 2.05) is 43.3 Å². The Morgan fingerprint density at radius 1 is 1.09 bits per heavy atom. The van der Waals surface area contributed by atoms with Crippen molar-refractivity contribution in [2.24, 2.45) is 0 Å². The number of aryl methyl sites for hydroxylation is 2. The topological polar surface area (TPSA) is 41.1 Å². The molecule has 3 heteroatoms. The molecule has 2 N–H and O–H groups in total. The highest BCUT2D eigenvalue weighted by atomic mass is 16.2. The van der Waals surface area contributed by atoms with Crippen molar-refractivity contribution in [3.8, 4) is 0 Å². The van der Waals surface area contributed by atoms with E-state index in [0.717, 1.165) is 17.8 Å². The Bertz CT molecular complexity index is 647. The molecule has 0 saturated carbocycles. The molecule has 0 radical (unpaired) electrons. The van der Waals surface area contributed by atoms with Gasteiger partial charge < -0.3 is 10.6 Å². The fourth-order valence-electron chi connectivity index (χ4n) is 2.28. The lowest BCUT2D eigenvalue weighted by atomic mass is 10.1. The average Bonchev–Trinajstić information content (AvgIpc) is 2.52. The second-order valence-electron chi connectivity index (χ2n) is 5.65. The van der Waals surface area contributed by atoms with Crippen molar-refractivity contribution >= 4 is 17.3 Å². The first kappa shape index (κ1) is 16.1. The van der Waals surface area contributed by atoms with E-state index in [1.165, 1.54) is 16.7 Å². The van der Waals surface area contributed by atoms with E-state index in [-0.39, 0.29) is 11.9 Å². The summed E-state index contributed by atoms with van der Waals surface area (Å²) < 4.78 is 0. The summed E-state index contributed by atoms with van der Waals surface area (Å²) in [6, 6.07) is 13.7. The largest absolute Gasteiger partial charge is 0.374 e. The summed E-state index contributed by atoms with van der Waals surface area (Å²) in [6.07, 6.45) is 0.999. The van der Waals surface area contributed by atoms with E-state index in [4.69, 9.17) is 0 Å². The first-order chi connectivity index (χ1) is 10.5. The van der Waals surface area contributed by atoms with Gasteiger partial charge in [-0.2, -0.15) is 0 Å². The lowest BCUT2D eigenvalue weighted by Gasteiger charge is -2.18. The zero-order chi connectivity index (χ0) is 16.1. The van der Waals surface area contributed by atoms with Crippen LogP contribution in [-0.2, 0) is 11.2 Å². The number of benzene rings is 2. The summed E-state index contributed by atoms with van der Waals surface area (Å²) in [4.78, 5) is 12.3. The van der Waals surface area contributed by atoms with Crippen molar-refractivity contribution in [3.63, 3.8) is 0 Å². The van der Waals surface area contributed by atoms with Crippen LogP contribution >= 0.6 is 0 Å². The number of amides is 1. The summed E-state index contributed by atoms with van der Waals surface area (Å²) in [5, 5.41) is 6.23. The quantitative estimate of drug-likeness (QED) is 0.863.